The van der Waals surface area contributed by atoms with Gasteiger partial charge in [-0.05, 0) is 20.1 Å². The normalized spacial score (nSPS) is 10.7. The molecule has 0 aliphatic carbocycles. The third-order valence-electron chi connectivity index (χ3n) is 1.75. The van der Waals surface area contributed by atoms with Gasteiger partial charge in [0.25, 0.3) is 0 Å². The van der Waals surface area contributed by atoms with Crippen molar-refractivity contribution in [1.82, 2.24) is 10.6 Å². The highest BCUT2D eigenvalue weighted by Crippen LogP contribution is 2.19. The fourth-order valence-corrected chi connectivity index (χ4v) is 0.996. The number of hydrogen-bond donors (Lipinski definition) is 2. The first-order chi connectivity index (χ1) is 6.52. The van der Waals surface area contributed by atoms with Gasteiger partial charge in [-0.15, -0.1) is 0 Å². The molecule has 14 heavy (non-hydrogen) atoms. The Balaban J connectivity index is 3.55. The Bertz CT molecular complexity index is 223. The molecule has 0 fully saturated rings. The fourth-order valence-electron chi connectivity index (χ4n) is 0.750. The lowest BCUT2D eigenvalue weighted by Crippen LogP contribution is -2.39. The van der Waals surface area contributed by atoms with Crippen LogP contribution in [-0.4, -0.2) is 36.5 Å². The minimum Gasteiger partial charge on any atom is -0.342 e. The maximum atomic E-state index is 11.0. The second-order valence-corrected chi connectivity index (χ2v) is 5.02. The largest absolute Gasteiger partial charge is 0.342 e. The zero-order valence-corrected chi connectivity index (χ0v) is 9.70. The van der Waals surface area contributed by atoms with Crippen molar-refractivity contribution in [2.75, 3.05) is 25.9 Å². The second-order valence-electron chi connectivity index (χ2n) is 3.50. The van der Waals surface area contributed by atoms with Gasteiger partial charge in [-0.3, -0.25) is 4.79 Å². The molecule has 0 saturated carbocycles. The number of rotatable bonds is 6. The van der Waals surface area contributed by atoms with E-state index in [1.165, 1.54) is 0 Å². The molecule has 5 heteroatoms. The molecule has 0 aromatic heterocycles. The van der Waals surface area contributed by atoms with E-state index in [0.29, 0.717) is 0 Å². The molecular formula is C9H17N3OS. The molecule has 0 atom stereocenters. The summed E-state index contributed by atoms with van der Waals surface area (Å²) in [5, 5.41) is 13.7. The van der Waals surface area contributed by atoms with E-state index in [-0.39, 0.29) is 23.7 Å². The predicted molar refractivity (Wildman–Crippen MR) is 59.1 cm³/mol. The van der Waals surface area contributed by atoms with E-state index in [0.717, 1.165) is 6.54 Å². The van der Waals surface area contributed by atoms with E-state index >= 15 is 0 Å². The molecule has 0 radical (unpaired) electrons. The predicted octanol–water partition coefficient (Wildman–Crippen LogP) is 0.357. The highest BCUT2D eigenvalue weighted by molar-refractivity contribution is 7.99. The van der Waals surface area contributed by atoms with E-state index in [1.54, 1.807) is 11.8 Å². The lowest BCUT2D eigenvalue weighted by molar-refractivity contribution is -0.120. The molecule has 2 N–H and O–H groups in total. The van der Waals surface area contributed by atoms with Crippen molar-refractivity contribution in [2.45, 2.75) is 18.6 Å². The summed E-state index contributed by atoms with van der Waals surface area (Å²) < 4.78 is 0.134. The molecule has 0 aromatic rings. The molecule has 0 spiro atoms. The Hall–Kier alpha value is -0.730. The highest BCUT2D eigenvalue weighted by Gasteiger charge is 2.15. The second kappa shape index (κ2) is 6.68. The summed E-state index contributed by atoms with van der Waals surface area (Å²) in [6.45, 7) is 5.34. The van der Waals surface area contributed by atoms with Gasteiger partial charge < -0.3 is 10.6 Å². The van der Waals surface area contributed by atoms with E-state index in [2.05, 4.69) is 24.5 Å². The summed E-state index contributed by atoms with van der Waals surface area (Å²) in [4.78, 5) is 11.0. The number of nitriles is 1. The number of carbonyl (C=O) groups excluding carboxylic acids is 1. The molecule has 0 unspecified atom stereocenters. The average molecular weight is 215 g/mol. The Morgan fingerprint density at radius 2 is 2.21 bits per heavy atom. The molecule has 0 saturated heterocycles. The van der Waals surface area contributed by atoms with Crippen molar-refractivity contribution < 1.29 is 4.79 Å². The van der Waals surface area contributed by atoms with Crippen LogP contribution < -0.4 is 10.6 Å². The lowest BCUT2D eigenvalue weighted by atomic mass is 10.2. The van der Waals surface area contributed by atoms with Crippen LogP contribution in [0.5, 0.6) is 0 Å². The summed E-state index contributed by atoms with van der Waals surface area (Å²) >= 11 is 1.75. The molecule has 0 rings (SSSR count). The van der Waals surface area contributed by atoms with Crippen molar-refractivity contribution in [3.05, 3.63) is 0 Å². The van der Waals surface area contributed by atoms with E-state index in [9.17, 15) is 4.79 Å². The molecule has 4 nitrogen and oxygen atoms in total. The summed E-state index contributed by atoms with van der Waals surface area (Å²) in [7, 11) is 0. The lowest BCUT2D eigenvalue weighted by Gasteiger charge is -2.21. The Morgan fingerprint density at radius 1 is 1.57 bits per heavy atom. The van der Waals surface area contributed by atoms with Gasteiger partial charge in [0, 0.05) is 11.3 Å². The third-order valence-corrected chi connectivity index (χ3v) is 3.00. The van der Waals surface area contributed by atoms with Gasteiger partial charge in [-0.2, -0.15) is 17.0 Å². The topological polar surface area (TPSA) is 64.9 Å². The van der Waals surface area contributed by atoms with Gasteiger partial charge in [0.15, 0.2) is 0 Å². The van der Waals surface area contributed by atoms with Crippen molar-refractivity contribution in [3.63, 3.8) is 0 Å². The first-order valence-electron chi connectivity index (χ1n) is 4.41. The Labute approximate surface area is 89.4 Å². The molecule has 0 heterocycles. The van der Waals surface area contributed by atoms with Gasteiger partial charge in [0.1, 0.15) is 6.54 Å². The van der Waals surface area contributed by atoms with Crippen molar-refractivity contribution in [3.8, 4) is 6.07 Å². The standard InChI is InChI=1S/C9H17N3OS/c1-9(2,14-3)7-11-6-8(13)12-5-4-10/h11H,5-7H2,1-3H3,(H,12,13). The van der Waals surface area contributed by atoms with E-state index in [1.807, 2.05) is 12.3 Å². The van der Waals surface area contributed by atoms with Crippen LogP contribution in [0.4, 0.5) is 0 Å². The molecule has 1 amide bonds. The first-order valence-corrected chi connectivity index (χ1v) is 5.64. The van der Waals surface area contributed by atoms with Crippen LogP contribution in [0.2, 0.25) is 0 Å². The van der Waals surface area contributed by atoms with Crippen LogP contribution in [0.3, 0.4) is 0 Å². The maximum absolute atomic E-state index is 11.0. The van der Waals surface area contributed by atoms with Crippen LogP contribution in [0, 0.1) is 11.3 Å². The quantitative estimate of drug-likeness (QED) is 0.628. The maximum Gasteiger partial charge on any atom is 0.234 e. The molecule has 0 aliphatic rings. The van der Waals surface area contributed by atoms with E-state index < -0.39 is 0 Å². The number of hydrogen-bond acceptors (Lipinski definition) is 4. The van der Waals surface area contributed by atoms with Crippen molar-refractivity contribution in [2.24, 2.45) is 0 Å². The van der Waals surface area contributed by atoms with Gasteiger partial charge >= 0.3 is 0 Å². The number of amides is 1. The number of carbonyl (C=O) groups is 1. The minimum atomic E-state index is -0.136. The molecule has 0 aromatic carbocycles. The van der Waals surface area contributed by atoms with Gasteiger partial charge in [0.05, 0.1) is 12.6 Å². The number of nitrogens with one attached hydrogen (secondary N) is 2. The van der Waals surface area contributed by atoms with Gasteiger partial charge in [0.2, 0.25) is 5.91 Å². The zero-order valence-electron chi connectivity index (χ0n) is 8.89. The zero-order chi connectivity index (χ0) is 11.0. The van der Waals surface area contributed by atoms with Crippen LogP contribution in [-0.2, 0) is 4.79 Å². The van der Waals surface area contributed by atoms with Crippen molar-refractivity contribution >= 4 is 17.7 Å². The third kappa shape index (κ3) is 6.75. The summed E-state index contributed by atoms with van der Waals surface area (Å²) in [5.41, 5.74) is 0. The van der Waals surface area contributed by atoms with Crippen LogP contribution in [0.15, 0.2) is 0 Å². The fraction of sp³-hybridized carbons (Fsp3) is 0.778. The summed E-state index contributed by atoms with van der Waals surface area (Å²) in [5.74, 6) is -0.136. The van der Waals surface area contributed by atoms with Crippen LogP contribution in [0.25, 0.3) is 0 Å². The number of thioether (sulfide) groups is 1. The highest BCUT2D eigenvalue weighted by atomic mass is 32.2. The monoisotopic (exact) mass is 215 g/mol. The first kappa shape index (κ1) is 13.3. The summed E-state index contributed by atoms with van der Waals surface area (Å²) in [6.07, 6.45) is 2.04. The van der Waals surface area contributed by atoms with E-state index in [4.69, 9.17) is 5.26 Å². The van der Waals surface area contributed by atoms with Crippen LogP contribution in [0.1, 0.15) is 13.8 Å². The van der Waals surface area contributed by atoms with Crippen LogP contribution >= 0.6 is 11.8 Å². The molecule has 80 valence electrons. The summed E-state index contributed by atoms with van der Waals surface area (Å²) in [6, 6.07) is 1.85. The Morgan fingerprint density at radius 3 is 2.71 bits per heavy atom. The smallest absolute Gasteiger partial charge is 0.234 e. The average Bonchev–Trinajstić information content (AvgIpc) is 2.14. The van der Waals surface area contributed by atoms with Crippen molar-refractivity contribution in [1.29, 1.82) is 5.26 Å². The SMILES string of the molecule is CSC(C)(C)CNCC(=O)NCC#N. The minimum absolute atomic E-state index is 0.0758. The number of nitrogens with zero attached hydrogens (tertiary/aromatic N) is 1. The molecule has 0 aliphatic heterocycles. The Kier molecular flexibility index (Phi) is 6.34. The molecular weight excluding hydrogens is 198 g/mol. The van der Waals surface area contributed by atoms with Gasteiger partial charge in [-0.1, -0.05) is 0 Å². The van der Waals surface area contributed by atoms with Gasteiger partial charge in [-0.25, -0.2) is 0 Å². The molecule has 0 bridgehead atoms.